The molecule has 3 aromatic rings. The number of hydrogen-bond acceptors (Lipinski definition) is 6. The fourth-order valence-corrected chi connectivity index (χ4v) is 2.93. The minimum absolute atomic E-state index is 0.0194. The minimum atomic E-state index is -0.400. The highest BCUT2D eigenvalue weighted by atomic mass is 19.1. The standard InChI is InChI=1S/C20H16FNO5/c21-12-3-5-13(6-4-12)26-18-11-25-17-10-14(7-8-15(17)19(18)23)27-20(24)16-2-1-9-22-16/h3-8,10-11,16,22H,1-2,9H2/t16-/m0/s1. The Bertz CT molecular complexity index is 1040. The summed E-state index contributed by atoms with van der Waals surface area (Å²) in [4.78, 5) is 24.6. The van der Waals surface area contributed by atoms with Crippen LogP contribution >= 0.6 is 0 Å². The zero-order valence-electron chi connectivity index (χ0n) is 14.2. The van der Waals surface area contributed by atoms with Gasteiger partial charge in [0.1, 0.15) is 35.2 Å². The Balaban J connectivity index is 1.57. The van der Waals surface area contributed by atoms with Crippen molar-refractivity contribution in [2.45, 2.75) is 18.9 Å². The van der Waals surface area contributed by atoms with Crippen LogP contribution < -0.4 is 20.2 Å². The first-order valence-electron chi connectivity index (χ1n) is 8.54. The van der Waals surface area contributed by atoms with Crippen LogP contribution in [0.2, 0.25) is 0 Å². The van der Waals surface area contributed by atoms with Gasteiger partial charge in [0.05, 0.1) is 5.39 Å². The second-order valence-electron chi connectivity index (χ2n) is 6.21. The lowest BCUT2D eigenvalue weighted by Crippen LogP contribution is -2.34. The van der Waals surface area contributed by atoms with E-state index >= 15 is 0 Å². The molecule has 0 amide bonds. The van der Waals surface area contributed by atoms with Crippen LogP contribution in [-0.4, -0.2) is 18.6 Å². The summed E-state index contributed by atoms with van der Waals surface area (Å²) >= 11 is 0. The van der Waals surface area contributed by atoms with Gasteiger partial charge >= 0.3 is 5.97 Å². The lowest BCUT2D eigenvalue weighted by atomic mass is 10.2. The first-order chi connectivity index (χ1) is 13.1. The molecule has 138 valence electrons. The maximum atomic E-state index is 13.0. The largest absolute Gasteiger partial charge is 0.460 e. The van der Waals surface area contributed by atoms with Gasteiger partial charge in [0.25, 0.3) is 0 Å². The molecule has 0 saturated carbocycles. The molecule has 0 radical (unpaired) electrons. The van der Waals surface area contributed by atoms with E-state index in [1.807, 2.05) is 0 Å². The van der Waals surface area contributed by atoms with Crippen molar-refractivity contribution in [3.05, 3.63) is 64.8 Å². The minimum Gasteiger partial charge on any atom is -0.460 e. The molecule has 1 aromatic heterocycles. The number of carbonyl (C=O) groups is 1. The molecule has 1 fully saturated rings. The summed E-state index contributed by atoms with van der Waals surface area (Å²) in [7, 11) is 0. The third-order valence-corrected chi connectivity index (χ3v) is 4.32. The van der Waals surface area contributed by atoms with E-state index in [1.54, 1.807) is 0 Å². The van der Waals surface area contributed by atoms with Crippen LogP contribution in [0.25, 0.3) is 11.0 Å². The van der Waals surface area contributed by atoms with E-state index in [9.17, 15) is 14.0 Å². The van der Waals surface area contributed by atoms with Crippen molar-refractivity contribution >= 4 is 16.9 Å². The highest BCUT2D eigenvalue weighted by Gasteiger charge is 2.24. The number of carbonyl (C=O) groups excluding carboxylic acids is 1. The van der Waals surface area contributed by atoms with E-state index in [1.165, 1.54) is 48.7 Å². The molecule has 0 spiro atoms. The van der Waals surface area contributed by atoms with E-state index < -0.39 is 5.82 Å². The summed E-state index contributed by atoms with van der Waals surface area (Å²) in [6.07, 6.45) is 2.85. The molecule has 7 heteroatoms. The van der Waals surface area contributed by atoms with Crippen LogP contribution in [0.5, 0.6) is 17.2 Å². The summed E-state index contributed by atoms with van der Waals surface area (Å²) in [5.74, 6) is -0.156. The van der Waals surface area contributed by atoms with Gasteiger partial charge < -0.3 is 19.2 Å². The Morgan fingerprint density at radius 2 is 1.93 bits per heavy atom. The summed E-state index contributed by atoms with van der Waals surface area (Å²) < 4.78 is 29.2. The van der Waals surface area contributed by atoms with Gasteiger partial charge in [-0.05, 0) is 55.8 Å². The third kappa shape index (κ3) is 3.68. The molecular weight excluding hydrogens is 353 g/mol. The Morgan fingerprint density at radius 1 is 1.15 bits per heavy atom. The predicted molar refractivity (Wildman–Crippen MR) is 95.6 cm³/mol. The summed E-state index contributed by atoms with van der Waals surface area (Å²) in [5, 5.41) is 3.35. The van der Waals surface area contributed by atoms with Gasteiger partial charge in [0.2, 0.25) is 11.2 Å². The smallest absolute Gasteiger partial charge is 0.328 e. The zero-order valence-corrected chi connectivity index (χ0v) is 14.2. The number of halogens is 1. The first-order valence-corrected chi connectivity index (χ1v) is 8.54. The average molecular weight is 369 g/mol. The van der Waals surface area contributed by atoms with Gasteiger partial charge in [-0.1, -0.05) is 0 Å². The number of rotatable bonds is 4. The average Bonchev–Trinajstić information content (AvgIpc) is 3.21. The molecule has 1 N–H and O–H groups in total. The zero-order chi connectivity index (χ0) is 18.8. The molecule has 0 aliphatic carbocycles. The van der Waals surface area contributed by atoms with Gasteiger partial charge in [-0.2, -0.15) is 0 Å². The maximum Gasteiger partial charge on any atom is 0.328 e. The molecule has 1 atom stereocenters. The van der Waals surface area contributed by atoms with Crippen molar-refractivity contribution in [1.82, 2.24) is 5.32 Å². The molecule has 2 aromatic carbocycles. The van der Waals surface area contributed by atoms with E-state index in [4.69, 9.17) is 13.9 Å². The van der Waals surface area contributed by atoms with Crippen molar-refractivity contribution in [3.8, 4) is 17.2 Å². The molecule has 1 aliphatic rings. The molecule has 2 heterocycles. The SMILES string of the molecule is O=C(Oc1ccc2c(=O)c(Oc3ccc(F)cc3)coc2c1)[C@@H]1CCCN1. The monoisotopic (exact) mass is 369 g/mol. The van der Waals surface area contributed by atoms with Crippen LogP contribution in [0, 0.1) is 5.82 Å². The van der Waals surface area contributed by atoms with Gasteiger partial charge in [-0.3, -0.25) is 4.79 Å². The molecule has 1 saturated heterocycles. The number of benzene rings is 2. The van der Waals surface area contributed by atoms with Crippen molar-refractivity contribution in [2.24, 2.45) is 0 Å². The maximum absolute atomic E-state index is 13.0. The fraction of sp³-hybridized carbons (Fsp3) is 0.200. The molecule has 6 nitrogen and oxygen atoms in total. The molecule has 27 heavy (non-hydrogen) atoms. The normalized spacial score (nSPS) is 16.4. The van der Waals surface area contributed by atoms with Crippen molar-refractivity contribution in [1.29, 1.82) is 0 Å². The van der Waals surface area contributed by atoms with Crippen LogP contribution in [0.1, 0.15) is 12.8 Å². The van der Waals surface area contributed by atoms with Crippen molar-refractivity contribution < 1.29 is 23.1 Å². The molecule has 4 rings (SSSR count). The quantitative estimate of drug-likeness (QED) is 0.561. The van der Waals surface area contributed by atoms with Crippen LogP contribution in [0.3, 0.4) is 0 Å². The van der Waals surface area contributed by atoms with Gasteiger partial charge in [-0.15, -0.1) is 0 Å². The fourth-order valence-electron chi connectivity index (χ4n) is 2.93. The first kappa shape index (κ1) is 17.2. The number of hydrogen-bond donors (Lipinski definition) is 1. The van der Waals surface area contributed by atoms with Crippen LogP contribution in [0.15, 0.2) is 57.9 Å². The lowest BCUT2D eigenvalue weighted by Gasteiger charge is -2.10. The van der Waals surface area contributed by atoms with Gasteiger partial charge in [0.15, 0.2) is 0 Å². The van der Waals surface area contributed by atoms with E-state index in [-0.39, 0.29) is 34.2 Å². The molecular formula is C20H16FNO5. The Morgan fingerprint density at radius 3 is 2.67 bits per heavy atom. The second-order valence-corrected chi connectivity index (χ2v) is 6.21. The Hall–Kier alpha value is -3.19. The number of ether oxygens (including phenoxy) is 2. The third-order valence-electron chi connectivity index (χ3n) is 4.32. The number of fused-ring (bicyclic) bond motifs is 1. The number of nitrogens with one attached hydrogen (secondary N) is 1. The van der Waals surface area contributed by atoms with E-state index in [0.717, 1.165) is 19.4 Å². The Kier molecular flexibility index (Phi) is 4.60. The summed E-state index contributed by atoms with van der Waals surface area (Å²) in [6.45, 7) is 0.795. The van der Waals surface area contributed by atoms with Crippen molar-refractivity contribution in [2.75, 3.05) is 6.54 Å². The van der Waals surface area contributed by atoms with Crippen LogP contribution in [-0.2, 0) is 4.79 Å². The highest BCUT2D eigenvalue weighted by Crippen LogP contribution is 2.24. The molecule has 0 unspecified atom stereocenters. The number of esters is 1. The highest BCUT2D eigenvalue weighted by molar-refractivity contribution is 5.82. The van der Waals surface area contributed by atoms with Gasteiger partial charge in [0, 0.05) is 6.07 Å². The topological polar surface area (TPSA) is 77.8 Å². The second kappa shape index (κ2) is 7.20. The van der Waals surface area contributed by atoms with E-state index in [0.29, 0.717) is 11.5 Å². The van der Waals surface area contributed by atoms with Crippen LogP contribution in [0.4, 0.5) is 4.39 Å². The van der Waals surface area contributed by atoms with E-state index in [2.05, 4.69) is 5.32 Å². The Labute approximate surface area is 153 Å². The van der Waals surface area contributed by atoms with Crippen molar-refractivity contribution in [3.63, 3.8) is 0 Å². The molecule has 0 bridgehead atoms. The van der Waals surface area contributed by atoms with Gasteiger partial charge in [-0.25, -0.2) is 9.18 Å². The summed E-state index contributed by atoms with van der Waals surface area (Å²) in [5.41, 5.74) is -0.105. The summed E-state index contributed by atoms with van der Waals surface area (Å²) in [6, 6.07) is 9.54. The molecule has 1 aliphatic heterocycles. The lowest BCUT2D eigenvalue weighted by molar-refractivity contribution is -0.136. The predicted octanol–water partition coefficient (Wildman–Crippen LogP) is 3.38.